The van der Waals surface area contributed by atoms with E-state index in [-0.39, 0.29) is 11.9 Å². The number of benzene rings is 3. The summed E-state index contributed by atoms with van der Waals surface area (Å²) < 4.78 is 26.6. The fourth-order valence-electron chi connectivity index (χ4n) is 4.17. The molecule has 0 bridgehead atoms. The lowest BCUT2D eigenvalue weighted by Gasteiger charge is -2.24. The molecule has 0 radical (unpaired) electrons. The summed E-state index contributed by atoms with van der Waals surface area (Å²) in [4.78, 5) is 11.2. The number of hydrogen-bond acceptors (Lipinski definition) is 7. The quantitative estimate of drug-likeness (QED) is 0.371. The molecular weight excluding hydrogens is 457 g/mol. The minimum absolute atomic E-state index is 0.0620. The van der Waals surface area contributed by atoms with Gasteiger partial charge in [-0.2, -0.15) is 0 Å². The van der Waals surface area contributed by atoms with Gasteiger partial charge in [0.05, 0.1) is 18.2 Å². The average Bonchev–Trinajstić information content (AvgIpc) is 2.89. The van der Waals surface area contributed by atoms with Gasteiger partial charge in [-0.05, 0) is 43.9 Å². The van der Waals surface area contributed by atoms with Gasteiger partial charge in [-0.3, -0.25) is 0 Å². The van der Waals surface area contributed by atoms with E-state index in [1.807, 2.05) is 61.5 Å². The van der Waals surface area contributed by atoms with Crippen molar-refractivity contribution in [3.8, 4) is 16.9 Å². The largest absolute Gasteiger partial charge is 0.492 e. The molecule has 1 atom stereocenters. The van der Waals surface area contributed by atoms with Crippen molar-refractivity contribution < 1.29 is 13.9 Å². The summed E-state index contributed by atoms with van der Waals surface area (Å²) in [5, 5.41) is 7.45. The average molecular weight is 488 g/mol. The zero-order valence-corrected chi connectivity index (χ0v) is 20.5. The van der Waals surface area contributed by atoms with Crippen LogP contribution in [-0.4, -0.2) is 61.8 Å². The second kappa shape index (κ2) is 11.0. The summed E-state index contributed by atoms with van der Waals surface area (Å²) in [5.74, 6) is 0.600. The van der Waals surface area contributed by atoms with E-state index in [0.717, 1.165) is 36.3 Å². The maximum atomic E-state index is 15.1. The first-order valence-corrected chi connectivity index (χ1v) is 12.1. The second-order valence-electron chi connectivity index (χ2n) is 9.04. The van der Waals surface area contributed by atoms with Crippen LogP contribution in [0, 0.1) is 5.82 Å². The van der Waals surface area contributed by atoms with E-state index >= 15 is 4.39 Å². The topological polar surface area (TPSA) is 71.5 Å². The first-order chi connectivity index (χ1) is 17.6. The van der Waals surface area contributed by atoms with Crippen LogP contribution in [0.15, 0.2) is 66.9 Å². The summed E-state index contributed by atoms with van der Waals surface area (Å²) in [7, 11) is 3.94. The molecule has 36 heavy (non-hydrogen) atoms. The van der Waals surface area contributed by atoms with Gasteiger partial charge >= 0.3 is 0 Å². The Morgan fingerprint density at radius 1 is 1.11 bits per heavy atom. The number of aromatic nitrogens is 2. The molecule has 1 saturated heterocycles. The number of nitrogens with zero attached hydrogens (tertiary/aromatic N) is 3. The predicted molar refractivity (Wildman–Crippen MR) is 140 cm³/mol. The third-order valence-corrected chi connectivity index (χ3v) is 6.12. The van der Waals surface area contributed by atoms with Crippen molar-refractivity contribution in [1.29, 1.82) is 0 Å². The van der Waals surface area contributed by atoms with Gasteiger partial charge in [0.1, 0.15) is 18.2 Å². The van der Waals surface area contributed by atoms with Crippen LogP contribution in [0.1, 0.15) is 11.7 Å². The first-order valence-electron chi connectivity index (χ1n) is 12.1. The Balaban J connectivity index is 1.37. The van der Waals surface area contributed by atoms with Crippen LogP contribution in [-0.2, 0) is 4.74 Å². The van der Waals surface area contributed by atoms with Gasteiger partial charge in [0, 0.05) is 54.1 Å². The number of ether oxygens (including phenoxy) is 2. The van der Waals surface area contributed by atoms with Crippen LogP contribution in [0.4, 0.5) is 16.0 Å². The highest BCUT2D eigenvalue weighted by atomic mass is 19.1. The molecule has 2 N–H and O–H groups in total. The standard InChI is InChI=1S/C28H30FN5O2/c1-34(2)13-15-35-22-10-11-23(25(29)16-22)24-5-3-4-20-17-31-28(33-27(20)24)32-21-8-6-19(7-9-21)26-18-30-12-14-36-26/h3-11,16-17,26,30H,12-15,18H2,1-2H3,(H,31,32,33). The molecule has 1 aliphatic rings. The number of rotatable bonds is 8. The van der Waals surface area contributed by atoms with Crippen molar-refractivity contribution in [3.05, 3.63) is 78.2 Å². The van der Waals surface area contributed by atoms with Gasteiger partial charge in [0.25, 0.3) is 0 Å². The third-order valence-electron chi connectivity index (χ3n) is 6.12. The van der Waals surface area contributed by atoms with Crippen LogP contribution in [0.25, 0.3) is 22.0 Å². The van der Waals surface area contributed by atoms with E-state index in [1.54, 1.807) is 18.3 Å². The fraction of sp³-hybridized carbons (Fsp3) is 0.286. The molecule has 0 aliphatic carbocycles. The first kappa shape index (κ1) is 24.1. The lowest BCUT2D eigenvalue weighted by molar-refractivity contribution is 0.0277. The maximum Gasteiger partial charge on any atom is 0.227 e. The summed E-state index contributed by atoms with van der Waals surface area (Å²) in [6.07, 6.45) is 1.81. The molecule has 0 saturated carbocycles. The molecule has 186 valence electrons. The summed E-state index contributed by atoms with van der Waals surface area (Å²) in [5.41, 5.74) is 3.83. The Bertz CT molecular complexity index is 1320. The number of para-hydroxylation sites is 1. The van der Waals surface area contributed by atoms with E-state index in [0.29, 0.717) is 41.6 Å². The highest BCUT2D eigenvalue weighted by Crippen LogP contribution is 2.32. The zero-order chi connectivity index (χ0) is 24.9. The van der Waals surface area contributed by atoms with Gasteiger partial charge in [0.15, 0.2) is 0 Å². The van der Waals surface area contributed by atoms with Gasteiger partial charge in [-0.25, -0.2) is 14.4 Å². The molecule has 7 nitrogen and oxygen atoms in total. The lowest BCUT2D eigenvalue weighted by atomic mass is 10.0. The Labute approximate surface area is 210 Å². The molecule has 0 amide bonds. The minimum atomic E-state index is -0.354. The maximum absolute atomic E-state index is 15.1. The second-order valence-corrected chi connectivity index (χ2v) is 9.04. The van der Waals surface area contributed by atoms with E-state index in [2.05, 4.69) is 15.6 Å². The molecule has 5 rings (SSSR count). The van der Waals surface area contributed by atoms with Crippen molar-refractivity contribution in [1.82, 2.24) is 20.2 Å². The summed E-state index contributed by atoms with van der Waals surface area (Å²) in [6, 6.07) is 18.7. The fourth-order valence-corrected chi connectivity index (χ4v) is 4.17. The van der Waals surface area contributed by atoms with E-state index < -0.39 is 0 Å². The summed E-state index contributed by atoms with van der Waals surface area (Å²) in [6.45, 7) is 3.66. The van der Waals surface area contributed by atoms with Gasteiger partial charge in [-0.1, -0.05) is 30.3 Å². The van der Waals surface area contributed by atoms with Crippen LogP contribution >= 0.6 is 0 Å². The monoisotopic (exact) mass is 487 g/mol. The van der Waals surface area contributed by atoms with Crippen LogP contribution < -0.4 is 15.4 Å². The van der Waals surface area contributed by atoms with Gasteiger partial charge in [0.2, 0.25) is 5.95 Å². The highest BCUT2D eigenvalue weighted by Gasteiger charge is 2.16. The molecular formula is C28H30FN5O2. The Kier molecular flexibility index (Phi) is 7.36. The van der Waals surface area contributed by atoms with Crippen molar-refractivity contribution in [3.63, 3.8) is 0 Å². The number of nitrogens with one attached hydrogen (secondary N) is 2. The van der Waals surface area contributed by atoms with Crippen LogP contribution in [0.3, 0.4) is 0 Å². The summed E-state index contributed by atoms with van der Waals surface area (Å²) >= 11 is 0. The molecule has 1 fully saturated rings. The molecule has 2 heterocycles. The molecule has 1 unspecified atom stereocenters. The van der Waals surface area contributed by atoms with Crippen LogP contribution in [0.5, 0.6) is 5.75 Å². The number of fused-ring (bicyclic) bond motifs is 1. The molecule has 1 aliphatic heterocycles. The minimum Gasteiger partial charge on any atom is -0.492 e. The van der Waals surface area contributed by atoms with E-state index in [4.69, 9.17) is 14.5 Å². The van der Waals surface area contributed by atoms with Gasteiger partial charge < -0.3 is 25.0 Å². The smallest absolute Gasteiger partial charge is 0.227 e. The van der Waals surface area contributed by atoms with Crippen LogP contribution in [0.2, 0.25) is 0 Å². The highest BCUT2D eigenvalue weighted by molar-refractivity contribution is 5.94. The van der Waals surface area contributed by atoms with Gasteiger partial charge in [-0.15, -0.1) is 0 Å². The lowest BCUT2D eigenvalue weighted by Crippen LogP contribution is -2.33. The molecule has 3 aromatic carbocycles. The normalized spacial score (nSPS) is 15.8. The molecule has 0 spiro atoms. The Morgan fingerprint density at radius 3 is 2.72 bits per heavy atom. The zero-order valence-electron chi connectivity index (χ0n) is 20.5. The van der Waals surface area contributed by atoms with Crippen molar-refractivity contribution in [2.24, 2.45) is 0 Å². The molecule has 8 heteroatoms. The number of likely N-dealkylation sites (N-methyl/N-ethyl adjacent to an activating group) is 1. The molecule has 4 aromatic rings. The molecule has 1 aromatic heterocycles. The van der Waals surface area contributed by atoms with Crippen molar-refractivity contribution in [2.75, 3.05) is 52.3 Å². The van der Waals surface area contributed by atoms with E-state index in [9.17, 15) is 0 Å². The van der Waals surface area contributed by atoms with E-state index in [1.165, 1.54) is 6.07 Å². The Morgan fingerprint density at radius 2 is 1.97 bits per heavy atom. The predicted octanol–water partition coefficient (Wildman–Crippen LogP) is 4.78. The number of hydrogen-bond donors (Lipinski definition) is 2. The number of halogens is 1. The van der Waals surface area contributed by atoms with Crippen molar-refractivity contribution in [2.45, 2.75) is 6.10 Å². The van der Waals surface area contributed by atoms with Crippen molar-refractivity contribution >= 4 is 22.5 Å². The Hall–Kier alpha value is -3.59. The SMILES string of the molecule is CN(C)CCOc1ccc(-c2cccc3cnc(Nc4ccc(C5CNCCO5)cc4)nc23)c(F)c1. The number of anilines is 2. The number of morpholine rings is 1. The third kappa shape index (κ3) is 5.62.